The van der Waals surface area contributed by atoms with Gasteiger partial charge in [-0.05, 0) is 49.4 Å². The van der Waals surface area contributed by atoms with E-state index in [4.69, 9.17) is 9.72 Å². The van der Waals surface area contributed by atoms with Crippen molar-refractivity contribution < 1.29 is 9.84 Å². The lowest BCUT2D eigenvalue weighted by Crippen LogP contribution is -2.31. The predicted octanol–water partition coefficient (Wildman–Crippen LogP) is 2.72. The van der Waals surface area contributed by atoms with Crippen LogP contribution in [0.1, 0.15) is 42.6 Å². The van der Waals surface area contributed by atoms with E-state index in [2.05, 4.69) is 27.3 Å². The molecule has 0 bridgehead atoms. The Morgan fingerprint density at radius 2 is 2.12 bits per heavy atom. The molecular weight excluding hydrogens is 328 g/mol. The van der Waals surface area contributed by atoms with Gasteiger partial charge in [-0.3, -0.25) is 0 Å². The lowest BCUT2D eigenvalue weighted by atomic mass is 9.99. The second kappa shape index (κ2) is 7.11. The van der Waals surface area contributed by atoms with Crippen molar-refractivity contribution in [1.29, 1.82) is 0 Å². The number of hydrogen-bond acceptors (Lipinski definition) is 6. The molecule has 2 heterocycles. The van der Waals surface area contributed by atoms with E-state index in [9.17, 15) is 5.11 Å². The number of hydrogen-bond donors (Lipinski definition) is 2. The first kappa shape index (κ1) is 17.1. The number of nitrogens with one attached hydrogen (secondary N) is 1. The third-order valence-electron chi connectivity index (χ3n) is 5.09. The van der Waals surface area contributed by atoms with Crippen molar-refractivity contribution >= 4 is 11.6 Å². The van der Waals surface area contributed by atoms with E-state index in [1.807, 2.05) is 19.1 Å². The summed E-state index contributed by atoms with van der Waals surface area (Å²) in [4.78, 5) is 11.8. The monoisotopic (exact) mass is 354 g/mol. The first-order valence-corrected chi connectivity index (χ1v) is 9.33. The van der Waals surface area contributed by atoms with E-state index in [1.165, 1.54) is 24.0 Å². The molecule has 1 aliphatic heterocycles. The summed E-state index contributed by atoms with van der Waals surface area (Å²) in [6, 6.07) is 8.29. The van der Waals surface area contributed by atoms with E-state index >= 15 is 0 Å². The van der Waals surface area contributed by atoms with Crippen LogP contribution in [0.2, 0.25) is 0 Å². The molecule has 4 rings (SSSR count). The van der Waals surface area contributed by atoms with Crippen LogP contribution in [0.25, 0.3) is 0 Å². The lowest BCUT2D eigenvalue weighted by molar-refractivity contribution is 0.281. The minimum atomic E-state index is -0.0284. The molecule has 6 heteroatoms. The van der Waals surface area contributed by atoms with E-state index in [-0.39, 0.29) is 12.6 Å². The van der Waals surface area contributed by atoms with Crippen LogP contribution in [0.3, 0.4) is 0 Å². The number of ether oxygens (including phenoxy) is 1. The second-order valence-corrected chi connectivity index (χ2v) is 7.28. The Hall–Kier alpha value is -2.34. The van der Waals surface area contributed by atoms with Crippen molar-refractivity contribution in [2.75, 3.05) is 30.5 Å². The Morgan fingerprint density at radius 3 is 2.85 bits per heavy atom. The summed E-state index contributed by atoms with van der Waals surface area (Å²) in [5, 5.41) is 12.6. The van der Waals surface area contributed by atoms with Gasteiger partial charge in [-0.2, -0.15) is 0 Å². The van der Waals surface area contributed by atoms with Gasteiger partial charge in [0, 0.05) is 31.1 Å². The zero-order chi connectivity index (χ0) is 18.1. The quantitative estimate of drug-likeness (QED) is 0.831. The molecule has 1 atom stereocenters. The molecule has 1 aromatic heterocycles. The van der Waals surface area contributed by atoms with Crippen LogP contribution in [0.15, 0.2) is 24.3 Å². The summed E-state index contributed by atoms with van der Waals surface area (Å²) in [5.74, 6) is 4.10. The Bertz CT molecular complexity index is 791. The van der Waals surface area contributed by atoms with E-state index in [1.54, 1.807) is 7.11 Å². The normalized spacial score (nSPS) is 17.6. The van der Waals surface area contributed by atoms with Crippen molar-refractivity contribution in [1.82, 2.24) is 9.97 Å². The largest absolute Gasteiger partial charge is 0.497 e. The molecule has 0 radical (unpaired) electrons. The lowest BCUT2D eigenvalue weighted by Gasteiger charge is -2.30. The fraction of sp³-hybridized carbons (Fsp3) is 0.500. The van der Waals surface area contributed by atoms with Crippen LogP contribution in [0.4, 0.5) is 11.6 Å². The SMILES string of the molecule is COc1ccc2c(c1)CCN(c1cc(N[C@@H](C)CO)nc(C3CC3)n1)C2. The highest BCUT2D eigenvalue weighted by Gasteiger charge is 2.28. The molecule has 26 heavy (non-hydrogen) atoms. The zero-order valence-electron chi connectivity index (χ0n) is 15.4. The predicted molar refractivity (Wildman–Crippen MR) is 102 cm³/mol. The van der Waals surface area contributed by atoms with Crippen LogP contribution in [0.5, 0.6) is 5.75 Å². The molecule has 6 nitrogen and oxygen atoms in total. The molecule has 1 saturated carbocycles. The fourth-order valence-electron chi connectivity index (χ4n) is 3.36. The Morgan fingerprint density at radius 1 is 1.27 bits per heavy atom. The highest BCUT2D eigenvalue weighted by Crippen LogP contribution is 2.39. The fourth-order valence-corrected chi connectivity index (χ4v) is 3.36. The highest BCUT2D eigenvalue weighted by molar-refractivity contribution is 5.53. The number of rotatable bonds is 6. The molecule has 0 unspecified atom stereocenters. The van der Waals surface area contributed by atoms with Crippen LogP contribution in [-0.2, 0) is 13.0 Å². The number of fused-ring (bicyclic) bond motifs is 1. The molecule has 1 fully saturated rings. The molecule has 2 N–H and O–H groups in total. The molecule has 0 saturated heterocycles. The van der Waals surface area contributed by atoms with Gasteiger partial charge in [-0.25, -0.2) is 9.97 Å². The third kappa shape index (κ3) is 3.60. The van der Waals surface area contributed by atoms with Gasteiger partial charge in [0.25, 0.3) is 0 Å². The molecule has 2 aromatic rings. The molecule has 2 aliphatic rings. The van der Waals surface area contributed by atoms with Gasteiger partial charge in [0.1, 0.15) is 23.2 Å². The summed E-state index contributed by atoms with van der Waals surface area (Å²) in [6.07, 6.45) is 3.31. The van der Waals surface area contributed by atoms with Crippen molar-refractivity contribution in [3.05, 3.63) is 41.2 Å². The minimum Gasteiger partial charge on any atom is -0.497 e. The van der Waals surface area contributed by atoms with Gasteiger partial charge in [0.2, 0.25) is 0 Å². The van der Waals surface area contributed by atoms with Crippen LogP contribution < -0.4 is 15.0 Å². The molecule has 138 valence electrons. The molecule has 1 aliphatic carbocycles. The molecule has 0 spiro atoms. The third-order valence-corrected chi connectivity index (χ3v) is 5.09. The maximum atomic E-state index is 9.33. The van der Waals surface area contributed by atoms with Crippen molar-refractivity contribution in [3.8, 4) is 5.75 Å². The second-order valence-electron chi connectivity index (χ2n) is 7.28. The topological polar surface area (TPSA) is 70.5 Å². The van der Waals surface area contributed by atoms with Gasteiger partial charge in [-0.1, -0.05) is 6.07 Å². The number of nitrogens with zero attached hydrogens (tertiary/aromatic N) is 3. The highest BCUT2D eigenvalue weighted by atomic mass is 16.5. The van der Waals surface area contributed by atoms with Crippen molar-refractivity contribution in [2.45, 2.75) is 44.7 Å². The summed E-state index contributed by atoms with van der Waals surface area (Å²) in [5.41, 5.74) is 2.67. The maximum absolute atomic E-state index is 9.33. The number of benzene rings is 1. The summed E-state index contributed by atoms with van der Waals surface area (Å²) in [6.45, 7) is 3.80. The van der Waals surface area contributed by atoms with Crippen LogP contribution in [-0.4, -0.2) is 41.4 Å². The van der Waals surface area contributed by atoms with E-state index < -0.39 is 0 Å². The number of aliphatic hydroxyl groups excluding tert-OH is 1. The first-order chi connectivity index (χ1) is 12.7. The Balaban J connectivity index is 1.60. The van der Waals surface area contributed by atoms with Gasteiger partial charge in [0.15, 0.2) is 0 Å². The Labute approximate surface area is 154 Å². The average Bonchev–Trinajstić information content (AvgIpc) is 3.52. The number of anilines is 2. The maximum Gasteiger partial charge on any atom is 0.136 e. The van der Waals surface area contributed by atoms with Gasteiger partial charge in [-0.15, -0.1) is 0 Å². The molecular formula is C20H26N4O2. The summed E-state index contributed by atoms with van der Waals surface area (Å²) < 4.78 is 5.34. The Kier molecular flexibility index (Phi) is 4.68. The number of aliphatic hydroxyl groups is 1. The summed E-state index contributed by atoms with van der Waals surface area (Å²) >= 11 is 0. The first-order valence-electron chi connectivity index (χ1n) is 9.33. The summed E-state index contributed by atoms with van der Waals surface area (Å²) in [7, 11) is 1.71. The van der Waals surface area contributed by atoms with Crippen LogP contribution >= 0.6 is 0 Å². The van der Waals surface area contributed by atoms with Gasteiger partial charge >= 0.3 is 0 Å². The van der Waals surface area contributed by atoms with Gasteiger partial charge < -0.3 is 20.1 Å². The molecule has 1 aromatic carbocycles. The van der Waals surface area contributed by atoms with Crippen molar-refractivity contribution in [3.63, 3.8) is 0 Å². The van der Waals surface area contributed by atoms with Crippen molar-refractivity contribution in [2.24, 2.45) is 0 Å². The average molecular weight is 354 g/mol. The minimum absolute atomic E-state index is 0.0284. The van der Waals surface area contributed by atoms with Crippen LogP contribution in [0, 0.1) is 0 Å². The smallest absolute Gasteiger partial charge is 0.136 e. The molecule has 0 amide bonds. The van der Waals surface area contributed by atoms with E-state index in [0.717, 1.165) is 42.7 Å². The number of methoxy groups -OCH3 is 1. The van der Waals surface area contributed by atoms with E-state index in [0.29, 0.717) is 5.92 Å². The number of aromatic nitrogens is 2. The van der Waals surface area contributed by atoms with Gasteiger partial charge in [0.05, 0.1) is 13.7 Å². The zero-order valence-corrected chi connectivity index (χ0v) is 15.4. The standard InChI is InChI=1S/C20H26N4O2/c1-13(12-25)21-18-10-19(23-20(22-18)14-3-4-14)24-8-7-15-9-17(26-2)6-5-16(15)11-24/h5-6,9-10,13-14,25H,3-4,7-8,11-12H2,1-2H3,(H,21,22,23)/t13-/m0/s1.